The Morgan fingerprint density at radius 3 is 1.37 bits per heavy atom. The van der Waals surface area contributed by atoms with Gasteiger partial charge in [-0.25, -0.2) is 15.0 Å². The molecule has 9 aromatic rings. The van der Waals surface area contributed by atoms with Crippen molar-refractivity contribution in [2.45, 2.75) is 5.41 Å². The molecule has 0 fully saturated rings. The number of aromatic nitrogens is 3. The van der Waals surface area contributed by atoms with Crippen molar-refractivity contribution in [2.24, 2.45) is 0 Å². The van der Waals surface area contributed by atoms with Gasteiger partial charge in [0.15, 0.2) is 17.5 Å². The van der Waals surface area contributed by atoms with Crippen LogP contribution in [0.5, 0.6) is 0 Å². The molecule has 1 spiro atoms. The van der Waals surface area contributed by atoms with Crippen LogP contribution in [0.3, 0.4) is 0 Å². The van der Waals surface area contributed by atoms with E-state index < -0.39 is 5.41 Å². The van der Waals surface area contributed by atoms with Gasteiger partial charge in [-0.05, 0) is 72.1 Å². The van der Waals surface area contributed by atoms with Crippen molar-refractivity contribution >= 4 is 21.5 Å². The fourth-order valence-corrected chi connectivity index (χ4v) is 8.82. The van der Waals surface area contributed by atoms with Gasteiger partial charge in [0.2, 0.25) is 0 Å². The van der Waals surface area contributed by atoms with Crippen LogP contribution in [-0.2, 0) is 5.41 Å². The Labute approximate surface area is 295 Å². The van der Waals surface area contributed by atoms with Gasteiger partial charge in [-0.1, -0.05) is 170 Å². The van der Waals surface area contributed by atoms with E-state index in [1.54, 1.807) is 0 Å². The van der Waals surface area contributed by atoms with Gasteiger partial charge in [0.25, 0.3) is 0 Å². The van der Waals surface area contributed by atoms with E-state index in [9.17, 15) is 0 Å². The van der Waals surface area contributed by atoms with Gasteiger partial charge in [0.1, 0.15) is 0 Å². The largest absolute Gasteiger partial charge is 0.208 e. The Morgan fingerprint density at radius 2 is 0.784 bits per heavy atom. The fraction of sp³-hybridized carbons (Fsp3) is 0.0208. The second-order valence-electron chi connectivity index (χ2n) is 13.5. The average molecular weight is 648 g/mol. The minimum absolute atomic E-state index is 0.500. The fourth-order valence-electron chi connectivity index (χ4n) is 8.82. The second-order valence-corrected chi connectivity index (χ2v) is 13.5. The van der Waals surface area contributed by atoms with Crippen LogP contribution in [-0.4, -0.2) is 15.0 Å². The predicted molar refractivity (Wildman–Crippen MR) is 207 cm³/mol. The number of fused-ring (bicyclic) bond motifs is 14. The minimum Gasteiger partial charge on any atom is -0.208 e. The molecule has 0 aliphatic heterocycles. The standard InChI is InChI=1S/C48H29N3/c1-3-15-32(16-4-1)45-49-46(33-17-5-2-6-18-33)51-47(50-45)34-25-28-42-40(29-34)37-21-11-12-22-41(37)48(42)43-35-19-9-7-13-30(35)23-26-38(43)39-27-24-31-14-8-10-20-36(31)44(39)48/h1-29H. The van der Waals surface area contributed by atoms with Crippen LogP contribution in [0.15, 0.2) is 176 Å². The first-order valence-corrected chi connectivity index (χ1v) is 17.5. The number of hydrogen-bond acceptors (Lipinski definition) is 3. The number of nitrogens with zero attached hydrogens (tertiary/aromatic N) is 3. The van der Waals surface area contributed by atoms with Gasteiger partial charge in [-0.3, -0.25) is 0 Å². The third-order valence-corrected chi connectivity index (χ3v) is 10.9. The van der Waals surface area contributed by atoms with E-state index in [4.69, 9.17) is 15.0 Å². The van der Waals surface area contributed by atoms with Crippen molar-refractivity contribution < 1.29 is 0 Å². The molecule has 2 aliphatic carbocycles. The van der Waals surface area contributed by atoms with Crippen molar-refractivity contribution in [2.75, 3.05) is 0 Å². The van der Waals surface area contributed by atoms with Crippen molar-refractivity contribution in [3.8, 4) is 56.4 Å². The zero-order valence-corrected chi connectivity index (χ0v) is 27.6. The normalized spacial score (nSPS) is 13.3. The molecular weight excluding hydrogens is 619 g/mol. The van der Waals surface area contributed by atoms with Crippen molar-refractivity contribution in [3.05, 3.63) is 198 Å². The summed E-state index contributed by atoms with van der Waals surface area (Å²) in [6, 6.07) is 63.2. The summed E-state index contributed by atoms with van der Waals surface area (Å²) < 4.78 is 0. The van der Waals surface area contributed by atoms with Gasteiger partial charge >= 0.3 is 0 Å². The van der Waals surface area contributed by atoms with Crippen LogP contribution in [0, 0.1) is 0 Å². The van der Waals surface area contributed by atoms with Gasteiger partial charge in [-0.2, -0.15) is 0 Å². The molecule has 0 bridgehead atoms. The van der Waals surface area contributed by atoms with E-state index in [-0.39, 0.29) is 0 Å². The van der Waals surface area contributed by atoms with Crippen molar-refractivity contribution in [3.63, 3.8) is 0 Å². The van der Waals surface area contributed by atoms with E-state index >= 15 is 0 Å². The zero-order valence-electron chi connectivity index (χ0n) is 27.6. The quantitative estimate of drug-likeness (QED) is 0.192. The SMILES string of the molecule is c1ccc(-c2nc(-c3ccccc3)nc(-c3ccc4c(c3)-c3ccccc3C43c4c(ccc5ccccc45)-c4ccc5ccccc5c43)n2)cc1. The van der Waals surface area contributed by atoms with Crippen molar-refractivity contribution in [1.82, 2.24) is 15.0 Å². The molecule has 0 N–H and O–H groups in total. The molecule has 0 atom stereocenters. The highest BCUT2D eigenvalue weighted by Gasteiger charge is 2.53. The molecule has 0 saturated heterocycles. The molecular formula is C48H29N3. The highest BCUT2D eigenvalue weighted by Crippen LogP contribution is 2.65. The van der Waals surface area contributed by atoms with Gasteiger partial charge in [0, 0.05) is 16.7 Å². The lowest BCUT2D eigenvalue weighted by Crippen LogP contribution is -2.26. The van der Waals surface area contributed by atoms with Crippen molar-refractivity contribution in [1.29, 1.82) is 0 Å². The molecule has 0 amide bonds. The van der Waals surface area contributed by atoms with Gasteiger partial charge in [0.05, 0.1) is 5.41 Å². The average Bonchev–Trinajstić information content (AvgIpc) is 3.68. The van der Waals surface area contributed by atoms with Crippen LogP contribution in [0.1, 0.15) is 22.3 Å². The Bertz CT molecular complexity index is 2710. The first-order chi connectivity index (χ1) is 25.3. The molecule has 1 heterocycles. The lowest BCUT2D eigenvalue weighted by Gasteiger charge is -2.32. The molecule has 2 aliphatic rings. The lowest BCUT2D eigenvalue weighted by molar-refractivity contribution is 0.809. The summed E-state index contributed by atoms with van der Waals surface area (Å²) in [5.74, 6) is 1.98. The molecule has 3 nitrogen and oxygen atoms in total. The van der Waals surface area contributed by atoms with E-state index in [2.05, 4.69) is 140 Å². The highest BCUT2D eigenvalue weighted by atomic mass is 15.0. The Hall–Kier alpha value is -6.71. The van der Waals surface area contributed by atoms with Crippen LogP contribution >= 0.6 is 0 Å². The minimum atomic E-state index is -0.500. The molecule has 0 radical (unpaired) electrons. The Balaban J connectivity index is 1.22. The Morgan fingerprint density at radius 1 is 0.314 bits per heavy atom. The molecule has 3 heteroatoms. The third-order valence-electron chi connectivity index (χ3n) is 10.9. The van der Waals surface area contributed by atoms with Crippen LogP contribution in [0.2, 0.25) is 0 Å². The van der Waals surface area contributed by atoms with Gasteiger partial charge < -0.3 is 0 Å². The summed E-state index contributed by atoms with van der Waals surface area (Å²) in [6.07, 6.45) is 0. The first kappa shape index (κ1) is 28.2. The van der Waals surface area contributed by atoms with E-state index in [0.717, 1.165) is 16.7 Å². The summed E-state index contributed by atoms with van der Waals surface area (Å²) in [5.41, 5.74) is 12.8. The second kappa shape index (κ2) is 10.6. The van der Waals surface area contributed by atoms with Crippen LogP contribution < -0.4 is 0 Å². The smallest absolute Gasteiger partial charge is 0.164 e. The molecule has 0 unspecified atom stereocenters. The maximum Gasteiger partial charge on any atom is 0.164 e. The topological polar surface area (TPSA) is 38.7 Å². The molecule has 1 aromatic heterocycles. The summed E-state index contributed by atoms with van der Waals surface area (Å²) in [5, 5.41) is 5.09. The summed E-state index contributed by atoms with van der Waals surface area (Å²) in [7, 11) is 0. The molecule has 51 heavy (non-hydrogen) atoms. The maximum absolute atomic E-state index is 5.10. The van der Waals surface area contributed by atoms with E-state index in [1.165, 1.54) is 66.1 Å². The molecule has 8 aromatic carbocycles. The molecule has 11 rings (SSSR count). The van der Waals surface area contributed by atoms with E-state index in [1.807, 2.05) is 36.4 Å². The lowest BCUT2D eigenvalue weighted by atomic mass is 9.68. The third kappa shape index (κ3) is 3.92. The van der Waals surface area contributed by atoms with Gasteiger partial charge in [-0.15, -0.1) is 0 Å². The number of rotatable bonds is 3. The first-order valence-electron chi connectivity index (χ1n) is 17.5. The monoisotopic (exact) mass is 647 g/mol. The predicted octanol–water partition coefficient (Wildman–Crippen LogP) is 11.5. The Kier molecular flexibility index (Phi) is 5.88. The summed E-state index contributed by atoms with van der Waals surface area (Å²) >= 11 is 0. The van der Waals surface area contributed by atoms with E-state index in [0.29, 0.717) is 17.5 Å². The number of benzene rings is 8. The highest BCUT2D eigenvalue weighted by molar-refractivity contribution is 6.09. The number of hydrogen-bond donors (Lipinski definition) is 0. The molecule has 0 saturated carbocycles. The zero-order chi connectivity index (χ0) is 33.5. The molecule has 236 valence electrons. The summed E-state index contributed by atoms with van der Waals surface area (Å²) in [4.78, 5) is 15.2. The van der Waals surface area contributed by atoms with Crippen LogP contribution in [0.25, 0.3) is 78.0 Å². The summed E-state index contributed by atoms with van der Waals surface area (Å²) in [6.45, 7) is 0. The maximum atomic E-state index is 5.10. The van der Waals surface area contributed by atoms with Crippen LogP contribution in [0.4, 0.5) is 0 Å².